The van der Waals surface area contributed by atoms with Crippen LogP contribution in [0.3, 0.4) is 0 Å². The molecule has 0 spiro atoms. The van der Waals surface area contributed by atoms with Crippen LogP contribution in [0.2, 0.25) is 0 Å². The first-order valence-corrected chi connectivity index (χ1v) is 7.11. The predicted molar refractivity (Wildman–Crippen MR) is 71.2 cm³/mol. The van der Waals surface area contributed by atoms with Gasteiger partial charge in [0.05, 0.1) is 5.41 Å². The van der Waals surface area contributed by atoms with Crippen LogP contribution in [0.15, 0.2) is 0 Å². The smallest absolute Gasteiger partial charge is 0.310 e. The number of carbonyl (C=O) groups excluding carboxylic acids is 1. The summed E-state index contributed by atoms with van der Waals surface area (Å²) in [5.74, 6) is -0.206. The number of aliphatic carboxylic acids is 1. The normalized spacial score (nSPS) is 14.5. The van der Waals surface area contributed by atoms with Gasteiger partial charge in [-0.2, -0.15) is 11.8 Å². The van der Waals surface area contributed by atoms with Crippen LogP contribution >= 0.6 is 11.8 Å². The van der Waals surface area contributed by atoms with E-state index in [2.05, 4.69) is 0 Å². The van der Waals surface area contributed by atoms with Crippen LogP contribution in [-0.4, -0.2) is 47.5 Å². The number of carboxylic acids is 1. The van der Waals surface area contributed by atoms with Crippen LogP contribution in [0.4, 0.5) is 0 Å². The second-order valence-electron chi connectivity index (χ2n) is 4.86. The lowest BCUT2D eigenvalue weighted by Gasteiger charge is -2.30. The minimum Gasteiger partial charge on any atom is -0.481 e. The fraction of sp³-hybridized carbons (Fsp3) is 0.833. The van der Waals surface area contributed by atoms with E-state index < -0.39 is 11.4 Å². The number of nitrogens with zero attached hydrogens (tertiary/aromatic N) is 1. The molecule has 0 bridgehead atoms. The van der Waals surface area contributed by atoms with Gasteiger partial charge in [0.2, 0.25) is 5.91 Å². The Balaban J connectivity index is 4.57. The van der Waals surface area contributed by atoms with Gasteiger partial charge in [0.25, 0.3) is 0 Å². The number of rotatable bonds is 7. The molecule has 4 nitrogen and oxygen atoms in total. The fourth-order valence-electron chi connectivity index (χ4n) is 1.33. The fourth-order valence-corrected chi connectivity index (χ4v) is 1.79. The molecule has 1 N–H and O–H groups in total. The molecule has 0 aromatic rings. The van der Waals surface area contributed by atoms with Crippen molar-refractivity contribution in [2.75, 3.05) is 25.6 Å². The molecular weight excluding hydrogens is 238 g/mol. The average Bonchev–Trinajstić information content (AvgIpc) is 2.24. The van der Waals surface area contributed by atoms with Gasteiger partial charge in [-0.15, -0.1) is 0 Å². The Morgan fingerprint density at radius 1 is 1.41 bits per heavy atom. The molecule has 0 fully saturated rings. The van der Waals surface area contributed by atoms with Gasteiger partial charge < -0.3 is 10.0 Å². The van der Waals surface area contributed by atoms with E-state index in [1.165, 1.54) is 0 Å². The van der Waals surface area contributed by atoms with Gasteiger partial charge in [0.1, 0.15) is 0 Å². The van der Waals surface area contributed by atoms with E-state index in [0.717, 1.165) is 5.75 Å². The number of hydrogen-bond donors (Lipinski definition) is 1. The van der Waals surface area contributed by atoms with E-state index in [4.69, 9.17) is 0 Å². The van der Waals surface area contributed by atoms with Crippen molar-refractivity contribution in [1.29, 1.82) is 0 Å². The molecule has 0 rings (SSSR count). The van der Waals surface area contributed by atoms with Crippen LogP contribution < -0.4 is 0 Å². The van der Waals surface area contributed by atoms with Crippen molar-refractivity contribution in [2.45, 2.75) is 27.2 Å². The summed E-state index contributed by atoms with van der Waals surface area (Å²) in [6, 6.07) is 0. The molecule has 0 saturated heterocycles. The lowest BCUT2D eigenvalue weighted by Crippen LogP contribution is -2.40. The Kier molecular flexibility index (Phi) is 6.60. The summed E-state index contributed by atoms with van der Waals surface area (Å²) in [7, 11) is 1.72. The molecule has 0 saturated carbocycles. The van der Waals surface area contributed by atoms with Gasteiger partial charge >= 0.3 is 5.97 Å². The Hall–Kier alpha value is -0.710. The Morgan fingerprint density at radius 2 is 1.94 bits per heavy atom. The van der Waals surface area contributed by atoms with E-state index in [0.29, 0.717) is 6.54 Å². The highest BCUT2D eigenvalue weighted by Gasteiger charge is 2.39. The monoisotopic (exact) mass is 261 g/mol. The summed E-state index contributed by atoms with van der Waals surface area (Å²) in [5, 5.41) is 9.23. The lowest BCUT2D eigenvalue weighted by atomic mass is 9.76. The second kappa shape index (κ2) is 6.89. The zero-order valence-corrected chi connectivity index (χ0v) is 12.1. The van der Waals surface area contributed by atoms with E-state index in [9.17, 15) is 14.7 Å². The number of hydrogen-bond acceptors (Lipinski definition) is 3. The van der Waals surface area contributed by atoms with Gasteiger partial charge in [-0.25, -0.2) is 0 Å². The quantitative estimate of drug-likeness (QED) is 0.761. The molecule has 1 amide bonds. The Bertz CT molecular complexity index is 281. The first-order chi connectivity index (χ1) is 7.75. The number of amides is 1. The lowest BCUT2D eigenvalue weighted by molar-refractivity contribution is -0.155. The van der Waals surface area contributed by atoms with Crippen molar-refractivity contribution in [2.24, 2.45) is 11.3 Å². The van der Waals surface area contributed by atoms with Crippen LogP contribution in [0.1, 0.15) is 27.2 Å². The SMILES string of the molecule is CSCCN(C)C(=O)CC(C)(C(=O)O)C(C)C. The zero-order chi connectivity index (χ0) is 13.6. The minimum absolute atomic E-state index is 0.0604. The summed E-state index contributed by atoms with van der Waals surface area (Å²) in [5.41, 5.74) is -0.981. The molecule has 0 aliphatic carbocycles. The first kappa shape index (κ1) is 16.3. The number of thioether (sulfide) groups is 1. The van der Waals surface area contributed by atoms with Crippen molar-refractivity contribution in [3.63, 3.8) is 0 Å². The largest absolute Gasteiger partial charge is 0.481 e. The first-order valence-electron chi connectivity index (χ1n) is 5.72. The van der Waals surface area contributed by atoms with Crippen molar-refractivity contribution in [3.8, 4) is 0 Å². The molecule has 1 atom stereocenters. The minimum atomic E-state index is -0.981. The van der Waals surface area contributed by atoms with Gasteiger partial charge in [-0.05, 0) is 19.1 Å². The van der Waals surface area contributed by atoms with Crippen molar-refractivity contribution in [3.05, 3.63) is 0 Å². The number of carbonyl (C=O) groups is 2. The molecule has 0 aromatic heterocycles. The standard InChI is InChI=1S/C12H23NO3S/c1-9(2)12(3,11(15)16)8-10(14)13(4)6-7-17-5/h9H,6-8H2,1-5H3,(H,15,16). The summed E-state index contributed by atoms with van der Waals surface area (Å²) >= 11 is 1.67. The van der Waals surface area contributed by atoms with Crippen molar-refractivity contribution >= 4 is 23.6 Å². The summed E-state index contributed by atoms with van der Waals surface area (Å²) in [6.07, 6.45) is 2.04. The van der Waals surface area contributed by atoms with Crippen LogP contribution in [0.5, 0.6) is 0 Å². The second-order valence-corrected chi connectivity index (χ2v) is 5.85. The summed E-state index contributed by atoms with van der Waals surface area (Å²) in [4.78, 5) is 24.8. The van der Waals surface area contributed by atoms with Gasteiger partial charge in [-0.3, -0.25) is 9.59 Å². The molecule has 0 heterocycles. The third-order valence-electron chi connectivity index (χ3n) is 3.34. The molecule has 0 aliphatic rings. The van der Waals surface area contributed by atoms with E-state index in [-0.39, 0.29) is 18.2 Å². The Morgan fingerprint density at radius 3 is 2.29 bits per heavy atom. The maximum atomic E-state index is 11.9. The van der Waals surface area contributed by atoms with Crippen LogP contribution in [-0.2, 0) is 9.59 Å². The average molecular weight is 261 g/mol. The van der Waals surface area contributed by atoms with Gasteiger partial charge in [-0.1, -0.05) is 13.8 Å². The van der Waals surface area contributed by atoms with E-state index in [1.54, 1.807) is 30.6 Å². The van der Waals surface area contributed by atoms with Crippen LogP contribution in [0.25, 0.3) is 0 Å². The number of carboxylic acid groups (broad SMARTS) is 1. The molecule has 5 heteroatoms. The van der Waals surface area contributed by atoms with Crippen molar-refractivity contribution < 1.29 is 14.7 Å². The zero-order valence-electron chi connectivity index (χ0n) is 11.3. The van der Waals surface area contributed by atoms with E-state index >= 15 is 0 Å². The molecular formula is C12H23NO3S. The summed E-state index contributed by atoms with van der Waals surface area (Å²) < 4.78 is 0. The molecule has 0 aromatic carbocycles. The van der Waals surface area contributed by atoms with Gasteiger partial charge in [0.15, 0.2) is 0 Å². The third-order valence-corrected chi connectivity index (χ3v) is 3.93. The maximum absolute atomic E-state index is 11.9. The predicted octanol–water partition coefficient (Wildman–Crippen LogP) is 1.94. The van der Waals surface area contributed by atoms with Gasteiger partial charge in [0, 0.05) is 25.8 Å². The Labute approximate surface area is 108 Å². The summed E-state index contributed by atoms with van der Waals surface area (Å²) in [6.45, 7) is 5.97. The van der Waals surface area contributed by atoms with Crippen LogP contribution in [0, 0.1) is 11.3 Å². The third kappa shape index (κ3) is 4.58. The van der Waals surface area contributed by atoms with Crippen molar-refractivity contribution in [1.82, 2.24) is 4.90 Å². The topological polar surface area (TPSA) is 57.6 Å². The molecule has 100 valence electrons. The molecule has 17 heavy (non-hydrogen) atoms. The highest BCUT2D eigenvalue weighted by atomic mass is 32.2. The molecule has 0 aliphatic heterocycles. The highest BCUT2D eigenvalue weighted by Crippen LogP contribution is 2.31. The molecule has 1 unspecified atom stereocenters. The van der Waals surface area contributed by atoms with E-state index in [1.807, 2.05) is 20.1 Å². The molecule has 0 radical (unpaired) electrons. The highest BCUT2D eigenvalue weighted by molar-refractivity contribution is 7.98. The maximum Gasteiger partial charge on any atom is 0.310 e.